The van der Waals surface area contributed by atoms with E-state index in [2.05, 4.69) is 30.9 Å². The third-order valence-electron chi connectivity index (χ3n) is 6.15. The summed E-state index contributed by atoms with van der Waals surface area (Å²) >= 11 is 0. The Morgan fingerprint density at radius 2 is 2.24 bits per heavy atom. The van der Waals surface area contributed by atoms with E-state index in [1.807, 2.05) is 0 Å². The van der Waals surface area contributed by atoms with Gasteiger partial charge in [-0.25, -0.2) is 0 Å². The molecular weight excluding hydrogens is 266 g/mol. The van der Waals surface area contributed by atoms with Crippen LogP contribution in [0.2, 0.25) is 0 Å². The third kappa shape index (κ3) is 1.90. The zero-order valence-electron chi connectivity index (χ0n) is 12.8. The Balaban J connectivity index is 1.90. The number of hydrogen-bond donors (Lipinski definition) is 2. The lowest BCUT2D eigenvalue weighted by molar-refractivity contribution is 0.0298. The van der Waals surface area contributed by atoms with Crippen LogP contribution in [0.25, 0.3) is 0 Å². The van der Waals surface area contributed by atoms with Crippen molar-refractivity contribution in [1.29, 1.82) is 0 Å². The first-order valence-corrected chi connectivity index (χ1v) is 7.48. The summed E-state index contributed by atoms with van der Waals surface area (Å²) in [4.78, 5) is 4.11. The van der Waals surface area contributed by atoms with E-state index in [0.29, 0.717) is 17.2 Å². The number of rotatable bonds is 3. The summed E-state index contributed by atoms with van der Waals surface area (Å²) in [6.45, 7) is 7.02. The normalized spacial score (nSPS) is 34.1. The van der Waals surface area contributed by atoms with E-state index < -0.39 is 0 Å². The standard InChI is InChI=1S/C16H23N3O2/c1-15(2)10-4-6-16(15,3)13(8-10)21-12-9-18-7-5-11(12)14(17)19-20/h5,7,9-10,13,20H,4,6,8H2,1-3H3,(H2,17,19). The molecule has 0 aromatic carbocycles. The van der Waals surface area contributed by atoms with Gasteiger partial charge in [0.2, 0.25) is 0 Å². The summed E-state index contributed by atoms with van der Waals surface area (Å²) in [6.07, 6.45) is 6.95. The van der Waals surface area contributed by atoms with Crippen LogP contribution in [-0.4, -0.2) is 22.1 Å². The Hall–Kier alpha value is -1.78. The van der Waals surface area contributed by atoms with Crippen molar-refractivity contribution in [3.8, 4) is 5.75 Å². The minimum absolute atomic E-state index is 0.0555. The first-order chi connectivity index (χ1) is 9.90. The summed E-state index contributed by atoms with van der Waals surface area (Å²) in [6, 6.07) is 1.71. The molecule has 1 aromatic rings. The van der Waals surface area contributed by atoms with Crippen LogP contribution >= 0.6 is 0 Å². The van der Waals surface area contributed by atoms with Crippen molar-refractivity contribution >= 4 is 5.84 Å². The lowest BCUT2D eigenvalue weighted by atomic mass is 9.70. The highest BCUT2D eigenvalue weighted by molar-refractivity contribution is 5.99. The van der Waals surface area contributed by atoms with Gasteiger partial charge in [0.05, 0.1) is 11.8 Å². The first-order valence-electron chi connectivity index (χ1n) is 7.48. The number of pyridine rings is 1. The maximum absolute atomic E-state index is 8.90. The van der Waals surface area contributed by atoms with Crippen molar-refractivity contribution in [2.24, 2.45) is 27.6 Å². The molecule has 0 amide bonds. The van der Waals surface area contributed by atoms with Gasteiger partial charge in [-0.2, -0.15) is 0 Å². The molecule has 2 bridgehead atoms. The summed E-state index contributed by atoms with van der Waals surface area (Å²) in [5.74, 6) is 1.36. The van der Waals surface area contributed by atoms with Gasteiger partial charge in [-0.1, -0.05) is 25.9 Å². The Labute approximate surface area is 125 Å². The van der Waals surface area contributed by atoms with Crippen LogP contribution < -0.4 is 10.5 Å². The number of nitrogens with zero attached hydrogens (tertiary/aromatic N) is 2. The minimum Gasteiger partial charge on any atom is -0.487 e. The fourth-order valence-corrected chi connectivity index (χ4v) is 4.20. The lowest BCUT2D eigenvalue weighted by Crippen LogP contribution is -2.39. The number of oxime groups is 1. The largest absolute Gasteiger partial charge is 0.487 e. The van der Waals surface area contributed by atoms with E-state index in [4.69, 9.17) is 15.7 Å². The predicted molar refractivity (Wildman–Crippen MR) is 80.4 cm³/mol. The highest BCUT2D eigenvalue weighted by Crippen LogP contribution is 2.66. The van der Waals surface area contributed by atoms with Crippen LogP contribution in [0.4, 0.5) is 0 Å². The molecule has 5 nitrogen and oxygen atoms in total. The second-order valence-electron chi connectivity index (χ2n) is 7.07. The number of ether oxygens (including phenoxy) is 1. The SMILES string of the molecule is CC1(C)C2CCC1(C)C(Oc1cnccc1/C(N)=N/O)C2. The van der Waals surface area contributed by atoms with Crippen LogP contribution in [0, 0.1) is 16.7 Å². The van der Waals surface area contributed by atoms with Crippen molar-refractivity contribution in [2.75, 3.05) is 0 Å². The minimum atomic E-state index is 0.0555. The van der Waals surface area contributed by atoms with Gasteiger partial charge < -0.3 is 15.7 Å². The molecule has 3 atom stereocenters. The molecule has 0 saturated heterocycles. The van der Waals surface area contributed by atoms with Crippen molar-refractivity contribution < 1.29 is 9.94 Å². The fraction of sp³-hybridized carbons (Fsp3) is 0.625. The van der Waals surface area contributed by atoms with Gasteiger partial charge in [0, 0.05) is 11.6 Å². The molecule has 0 spiro atoms. The maximum Gasteiger partial charge on any atom is 0.173 e. The molecule has 2 saturated carbocycles. The van der Waals surface area contributed by atoms with E-state index in [1.165, 1.54) is 12.8 Å². The van der Waals surface area contributed by atoms with E-state index in [1.54, 1.807) is 18.5 Å². The lowest BCUT2D eigenvalue weighted by Gasteiger charge is -2.39. The third-order valence-corrected chi connectivity index (χ3v) is 6.15. The van der Waals surface area contributed by atoms with Gasteiger partial charge in [-0.3, -0.25) is 4.98 Å². The van der Waals surface area contributed by atoms with Gasteiger partial charge in [-0.05, 0) is 36.7 Å². The van der Waals surface area contributed by atoms with Gasteiger partial charge in [-0.15, -0.1) is 0 Å². The topological polar surface area (TPSA) is 80.7 Å². The molecule has 21 heavy (non-hydrogen) atoms. The Kier molecular flexibility index (Phi) is 3.11. The van der Waals surface area contributed by atoms with Crippen molar-refractivity contribution in [2.45, 2.75) is 46.1 Å². The van der Waals surface area contributed by atoms with Gasteiger partial charge >= 0.3 is 0 Å². The van der Waals surface area contributed by atoms with Crippen molar-refractivity contribution in [3.05, 3.63) is 24.0 Å². The summed E-state index contributed by atoms with van der Waals surface area (Å²) in [7, 11) is 0. The molecule has 1 aromatic heterocycles. The molecule has 2 aliphatic carbocycles. The van der Waals surface area contributed by atoms with E-state index in [9.17, 15) is 0 Å². The molecular formula is C16H23N3O2. The smallest absolute Gasteiger partial charge is 0.173 e. The van der Waals surface area contributed by atoms with Crippen LogP contribution in [0.1, 0.15) is 45.6 Å². The summed E-state index contributed by atoms with van der Waals surface area (Å²) < 4.78 is 6.27. The maximum atomic E-state index is 8.90. The Morgan fingerprint density at radius 3 is 2.81 bits per heavy atom. The van der Waals surface area contributed by atoms with Crippen LogP contribution in [-0.2, 0) is 0 Å². The van der Waals surface area contributed by atoms with Crippen molar-refractivity contribution in [1.82, 2.24) is 4.98 Å². The van der Waals surface area contributed by atoms with Gasteiger partial charge in [0.1, 0.15) is 11.9 Å². The van der Waals surface area contributed by atoms with Crippen LogP contribution in [0.5, 0.6) is 5.75 Å². The molecule has 2 aliphatic rings. The average Bonchev–Trinajstić information content (AvgIpc) is 2.80. The molecule has 1 heterocycles. The number of aromatic nitrogens is 1. The van der Waals surface area contributed by atoms with E-state index >= 15 is 0 Å². The molecule has 114 valence electrons. The first kappa shape index (κ1) is 14.2. The molecule has 5 heteroatoms. The number of amidine groups is 1. The van der Waals surface area contributed by atoms with Gasteiger partial charge in [0.15, 0.2) is 5.84 Å². The fourth-order valence-electron chi connectivity index (χ4n) is 4.20. The zero-order chi connectivity index (χ0) is 15.3. The van der Waals surface area contributed by atoms with Crippen LogP contribution in [0.3, 0.4) is 0 Å². The monoisotopic (exact) mass is 289 g/mol. The highest BCUT2D eigenvalue weighted by atomic mass is 16.5. The second kappa shape index (κ2) is 4.61. The second-order valence-corrected chi connectivity index (χ2v) is 7.07. The molecule has 0 aliphatic heterocycles. The van der Waals surface area contributed by atoms with E-state index in [-0.39, 0.29) is 22.8 Å². The molecule has 0 radical (unpaired) electrons. The summed E-state index contributed by atoms with van der Waals surface area (Å²) in [5, 5.41) is 12.0. The molecule has 3 N–H and O–H groups in total. The summed E-state index contributed by atoms with van der Waals surface area (Å²) in [5.41, 5.74) is 6.77. The number of hydrogen-bond acceptors (Lipinski definition) is 4. The van der Waals surface area contributed by atoms with Crippen LogP contribution in [0.15, 0.2) is 23.6 Å². The molecule has 2 fully saturated rings. The molecule has 3 unspecified atom stereocenters. The number of nitrogens with two attached hydrogens (primary N) is 1. The quantitative estimate of drug-likeness (QED) is 0.388. The molecule has 3 rings (SSSR count). The highest BCUT2D eigenvalue weighted by Gasteiger charge is 2.62. The zero-order valence-corrected chi connectivity index (χ0v) is 12.8. The van der Waals surface area contributed by atoms with Crippen molar-refractivity contribution in [3.63, 3.8) is 0 Å². The predicted octanol–water partition coefficient (Wildman–Crippen LogP) is 2.77. The number of fused-ring (bicyclic) bond motifs is 2. The van der Waals surface area contributed by atoms with Gasteiger partial charge in [0.25, 0.3) is 0 Å². The Bertz CT molecular complexity index is 585. The Morgan fingerprint density at radius 1 is 1.48 bits per heavy atom. The van der Waals surface area contributed by atoms with E-state index in [0.717, 1.165) is 6.42 Å². The average molecular weight is 289 g/mol.